The summed E-state index contributed by atoms with van der Waals surface area (Å²) < 4.78 is 0. The number of pyridine rings is 1. The summed E-state index contributed by atoms with van der Waals surface area (Å²) in [5, 5.41) is 0. The van der Waals surface area contributed by atoms with Gasteiger partial charge in [-0.3, -0.25) is 4.98 Å². The van der Waals surface area contributed by atoms with Crippen molar-refractivity contribution in [1.82, 2.24) is 4.98 Å². The maximum atomic E-state index is 5.89. The summed E-state index contributed by atoms with van der Waals surface area (Å²) in [5.41, 5.74) is 10.1. The molecule has 1 heterocycles. The topological polar surface area (TPSA) is 38.9 Å². The Bertz CT molecular complexity index is 501. The molecular weight excluding hydrogens is 196 g/mol. The molecule has 0 fully saturated rings. The third-order valence-corrected chi connectivity index (χ3v) is 2.50. The molecule has 0 aliphatic rings. The predicted octanol–water partition coefficient (Wildman–Crippen LogP) is 3.22. The van der Waals surface area contributed by atoms with Crippen LogP contribution in [0.5, 0.6) is 0 Å². The van der Waals surface area contributed by atoms with Gasteiger partial charge >= 0.3 is 0 Å². The van der Waals surface area contributed by atoms with Crippen LogP contribution in [0.25, 0.3) is 11.6 Å². The maximum Gasteiger partial charge on any atom is 0.0387 e. The molecule has 2 rings (SSSR count). The van der Waals surface area contributed by atoms with Crippen LogP contribution in [-0.4, -0.2) is 4.98 Å². The Morgan fingerprint density at radius 2 is 1.81 bits per heavy atom. The fourth-order valence-electron chi connectivity index (χ4n) is 1.57. The van der Waals surface area contributed by atoms with Gasteiger partial charge in [-0.2, -0.15) is 0 Å². The molecule has 0 aliphatic carbocycles. The lowest BCUT2D eigenvalue weighted by molar-refractivity contribution is 1.31. The second-order valence-electron chi connectivity index (χ2n) is 3.69. The average Bonchev–Trinajstić information content (AvgIpc) is 2.33. The Balaban J connectivity index is 2.36. The van der Waals surface area contributed by atoms with E-state index in [0.29, 0.717) is 0 Å². The van der Waals surface area contributed by atoms with Crippen LogP contribution in [0.2, 0.25) is 0 Å². The number of nitrogen functional groups attached to an aromatic ring is 1. The van der Waals surface area contributed by atoms with Crippen molar-refractivity contribution in [2.75, 3.05) is 5.73 Å². The van der Waals surface area contributed by atoms with Gasteiger partial charge in [0.05, 0.1) is 0 Å². The Morgan fingerprint density at radius 3 is 2.50 bits per heavy atom. The summed E-state index contributed by atoms with van der Waals surface area (Å²) in [6.07, 6.45) is 5.67. The summed E-state index contributed by atoms with van der Waals surface area (Å²) in [6, 6.07) is 11.8. The summed E-state index contributed by atoms with van der Waals surface area (Å²) in [5.74, 6) is 0. The molecule has 0 amide bonds. The van der Waals surface area contributed by atoms with Gasteiger partial charge in [-0.25, -0.2) is 0 Å². The molecule has 0 radical (unpaired) electrons. The van der Waals surface area contributed by atoms with Crippen molar-refractivity contribution in [3.05, 3.63) is 59.9 Å². The van der Waals surface area contributed by atoms with E-state index in [1.165, 1.54) is 11.1 Å². The molecular formula is C14H14N2. The van der Waals surface area contributed by atoms with Gasteiger partial charge in [0.1, 0.15) is 0 Å². The number of anilines is 1. The number of aromatic nitrogens is 1. The Hall–Kier alpha value is -2.09. The quantitative estimate of drug-likeness (QED) is 0.773. The Morgan fingerprint density at radius 1 is 1.12 bits per heavy atom. The van der Waals surface area contributed by atoms with Crippen molar-refractivity contribution in [2.45, 2.75) is 6.92 Å². The predicted molar refractivity (Wildman–Crippen MR) is 68.6 cm³/mol. The molecule has 1 aromatic heterocycles. The fraction of sp³-hybridized carbons (Fsp3) is 0.0714. The zero-order valence-electron chi connectivity index (χ0n) is 9.22. The highest BCUT2D eigenvalue weighted by Gasteiger charge is 1.97. The molecule has 16 heavy (non-hydrogen) atoms. The zero-order chi connectivity index (χ0) is 11.4. The number of rotatable bonds is 2. The third kappa shape index (κ3) is 2.28. The fourth-order valence-corrected chi connectivity index (χ4v) is 1.57. The number of hydrogen-bond donors (Lipinski definition) is 1. The van der Waals surface area contributed by atoms with E-state index in [4.69, 9.17) is 5.73 Å². The number of nitrogens with two attached hydrogens (primary N) is 1. The molecule has 2 N–H and O–H groups in total. The molecule has 0 spiro atoms. The Labute approximate surface area is 95.5 Å². The lowest BCUT2D eigenvalue weighted by Crippen LogP contribution is -1.88. The van der Waals surface area contributed by atoms with E-state index >= 15 is 0 Å². The highest BCUT2D eigenvalue weighted by Crippen LogP contribution is 2.20. The minimum absolute atomic E-state index is 0.802. The van der Waals surface area contributed by atoms with E-state index in [-0.39, 0.29) is 0 Å². The minimum Gasteiger partial charge on any atom is -0.398 e. The first-order valence-corrected chi connectivity index (χ1v) is 5.20. The Kier molecular flexibility index (Phi) is 3.01. The van der Waals surface area contributed by atoms with Gasteiger partial charge in [0.2, 0.25) is 0 Å². The SMILES string of the molecule is C/C(=C\c1ccccc1N)c1ccncc1. The van der Waals surface area contributed by atoms with Crippen LogP contribution in [0.4, 0.5) is 5.69 Å². The molecule has 0 bridgehead atoms. The summed E-state index contributed by atoms with van der Waals surface area (Å²) >= 11 is 0. The third-order valence-electron chi connectivity index (χ3n) is 2.50. The van der Waals surface area contributed by atoms with Crippen LogP contribution in [0.15, 0.2) is 48.8 Å². The number of allylic oxidation sites excluding steroid dienone is 1. The molecule has 0 aliphatic heterocycles. The van der Waals surface area contributed by atoms with E-state index in [1.807, 2.05) is 36.4 Å². The van der Waals surface area contributed by atoms with E-state index in [2.05, 4.69) is 18.0 Å². The van der Waals surface area contributed by atoms with Crippen LogP contribution in [0, 0.1) is 0 Å². The van der Waals surface area contributed by atoms with E-state index < -0.39 is 0 Å². The van der Waals surface area contributed by atoms with Gasteiger partial charge in [0.25, 0.3) is 0 Å². The van der Waals surface area contributed by atoms with Crippen molar-refractivity contribution >= 4 is 17.3 Å². The van der Waals surface area contributed by atoms with Gasteiger partial charge in [-0.1, -0.05) is 18.2 Å². The van der Waals surface area contributed by atoms with E-state index in [9.17, 15) is 0 Å². The monoisotopic (exact) mass is 210 g/mol. The lowest BCUT2D eigenvalue weighted by atomic mass is 10.0. The largest absolute Gasteiger partial charge is 0.398 e. The van der Waals surface area contributed by atoms with Crippen molar-refractivity contribution in [3.8, 4) is 0 Å². The number of hydrogen-bond acceptors (Lipinski definition) is 2. The van der Waals surface area contributed by atoms with Gasteiger partial charge in [-0.05, 0) is 47.9 Å². The van der Waals surface area contributed by atoms with Gasteiger partial charge in [-0.15, -0.1) is 0 Å². The van der Waals surface area contributed by atoms with Crippen molar-refractivity contribution < 1.29 is 0 Å². The second kappa shape index (κ2) is 4.62. The highest BCUT2D eigenvalue weighted by atomic mass is 14.6. The van der Waals surface area contributed by atoms with Crippen LogP contribution in [0.3, 0.4) is 0 Å². The van der Waals surface area contributed by atoms with Crippen molar-refractivity contribution in [3.63, 3.8) is 0 Å². The summed E-state index contributed by atoms with van der Waals surface area (Å²) in [4.78, 5) is 4.00. The summed E-state index contributed by atoms with van der Waals surface area (Å²) in [7, 11) is 0. The van der Waals surface area contributed by atoms with Gasteiger partial charge < -0.3 is 5.73 Å². The lowest BCUT2D eigenvalue weighted by Gasteiger charge is -2.03. The van der Waals surface area contributed by atoms with Crippen molar-refractivity contribution in [2.24, 2.45) is 0 Å². The van der Waals surface area contributed by atoms with Crippen LogP contribution >= 0.6 is 0 Å². The van der Waals surface area contributed by atoms with Crippen LogP contribution in [0.1, 0.15) is 18.1 Å². The molecule has 80 valence electrons. The maximum absolute atomic E-state index is 5.89. The van der Waals surface area contributed by atoms with Crippen molar-refractivity contribution in [1.29, 1.82) is 0 Å². The zero-order valence-corrected chi connectivity index (χ0v) is 9.22. The van der Waals surface area contributed by atoms with Gasteiger partial charge in [0.15, 0.2) is 0 Å². The molecule has 2 nitrogen and oxygen atoms in total. The second-order valence-corrected chi connectivity index (χ2v) is 3.69. The average molecular weight is 210 g/mol. The molecule has 2 aromatic rings. The molecule has 2 heteroatoms. The summed E-state index contributed by atoms with van der Waals surface area (Å²) in [6.45, 7) is 2.07. The minimum atomic E-state index is 0.802. The smallest absolute Gasteiger partial charge is 0.0387 e. The molecule has 0 unspecified atom stereocenters. The first kappa shape index (κ1) is 10.4. The normalized spacial score (nSPS) is 11.4. The van der Waals surface area contributed by atoms with Crippen LogP contribution in [-0.2, 0) is 0 Å². The first-order chi connectivity index (χ1) is 7.77. The van der Waals surface area contributed by atoms with Gasteiger partial charge in [0, 0.05) is 18.1 Å². The number of benzene rings is 1. The molecule has 1 aromatic carbocycles. The van der Waals surface area contributed by atoms with E-state index in [0.717, 1.165) is 11.3 Å². The molecule has 0 saturated carbocycles. The molecule has 0 atom stereocenters. The first-order valence-electron chi connectivity index (χ1n) is 5.20. The highest BCUT2D eigenvalue weighted by molar-refractivity contribution is 5.83. The number of para-hydroxylation sites is 1. The standard InChI is InChI=1S/C14H14N2/c1-11(12-6-8-16-9-7-12)10-13-4-2-3-5-14(13)15/h2-10H,15H2,1H3/b11-10+. The van der Waals surface area contributed by atoms with E-state index in [1.54, 1.807) is 12.4 Å². The van der Waals surface area contributed by atoms with Crippen LogP contribution < -0.4 is 5.73 Å². The number of nitrogens with zero attached hydrogens (tertiary/aromatic N) is 1. The molecule has 0 saturated heterocycles.